The van der Waals surface area contributed by atoms with Gasteiger partial charge in [0.25, 0.3) is 0 Å². The van der Waals surface area contributed by atoms with Crippen molar-refractivity contribution < 1.29 is 4.52 Å². The summed E-state index contributed by atoms with van der Waals surface area (Å²) in [7, 11) is 0. The number of hydrogen-bond acceptors (Lipinski definition) is 3. The molecule has 0 saturated carbocycles. The molecule has 0 N–H and O–H groups in total. The van der Waals surface area contributed by atoms with E-state index in [1.54, 1.807) is 6.92 Å². The highest BCUT2D eigenvalue weighted by molar-refractivity contribution is 4.82. The third kappa shape index (κ3) is 3.75. The van der Waals surface area contributed by atoms with Crippen LogP contribution in [-0.2, 0) is 6.42 Å². The van der Waals surface area contributed by atoms with Crippen LogP contribution in [0.4, 0.5) is 0 Å². The zero-order valence-corrected chi connectivity index (χ0v) is 7.72. The molecule has 0 aromatic carbocycles. The lowest BCUT2D eigenvalue weighted by Gasteiger charge is -1.81. The maximum absolute atomic E-state index is 4.76. The molecular weight excluding hydrogens is 140 g/mol. The van der Waals surface area contributed by atoms with E-state index in [0.29, 0.717) is 5.89 Å². The Labute approximate surface area is 67.8 Å². The van der Waals surface area contributed by atoms with Gasteiger partial charge < -0.3 is 4.52 Å². The molecule has 1 aromatic rings. The Morgan fingerprint density at radius 1 is 1.36 bits per heavy atom. The Hall–Kier alpha value is -0.860. The average Bonchev–Trinajstić information content (AvgIpc) is 2.41. The monoisotopic (exact) mass is 156 g/mol. The summed E-state index contributed by atoms with van der Waals surface area (Å²) in [4.78, 5) is 4.02. The van der Waals surface area contributed by atoms with Crippen LogP contribution in [0.25, 0.3) is 0 Å². The van der Waals surface area contributed by atoms with E-state index in [-0.39, 0.29) is 0 Å². The van der Waals surface area contributed by atoms with E-state index in [1.807, 2.05) is 13.8 Å². The summed E-state index contributed by atoms with van der Waals surface area (Å²) in [5.41, 5.74) is 0. The van der Waals surface area contributed by atoms with Gasteiger partial charge in [-0.15, -0.1) is 0 Å². The minimum Gasteiger partial charge on any atom is -0.340 e. The SMILES string of the molecule is CC.CCCc1noc(C)n1. The molecule has 1 aromatic heterocycles. The van der Waals surface area contributed by atoms with Gasteiger partial charge in [0.1, 0.15) is 0 Å². The highest BCUT2D eigenvalue weighted by Crippen LogP contribution is 1.96. The van der Waals surface area contributed by atoms with Crippen molar-refractivity contribution in [3.05, 3.63) is 11.7 Å². The standard InChI is InChI=1S/C6H10N2O.C2H6/c1-3-4-6-7-5(2)9-8-6;1-2/h3-4H2,1-2H3;1-2H3. The Morgan fingerprint density at radius 3 is 2.36 bits per heavy atom. The van der Waals surface area contributed by atoms with Crippen LogP contribution < -0.4 is 0 Å². The van der Waals surface area contributed by atoms with Crippen molar-refractivity contribution in [2.45, 2.75) is 40.5 Å². The third-order valence-corrected chi connectivity index (χ3v) is 1.04. The molecule has 0 saturated heterocycles. The molecule has 64 valence electrons. The van der Waals surface area contributed by atoms with Gasteiger partial charge in [-0.1, -0.05) is 25.9 Å². The van der Waals surface area contributed by atoms with Gasteiger partial charge in [0.2, 0.25) is 5.89 Å². The number of aromatic nitrogens is 2. The van der Waals surface area contributed by atoms with Crippen molar-refractivity contribution in [3.8, 4) is 0 Å². The first kappa shape index (κ1) is 10.1. The fourth-order valence-corrected chi connectivity index (χ4v) is 0.666. The highest BCUT2D eigenvalue weighted by Gasteiger charge is 1.97. The molecular formula is C8H16N2O. The largest absolute Gasteiger partial charge is 0.340 e. The van der Waals surface area contributed by atoms with Gasteiger partial charge in [-0.2, -0.15) is 4.98 Å². The van der Waals surface area contributed by atoms with Gasteiger partial charge in [0.15, 0.2) is 5.82 Å². The first-order valence-electron chi connectivity index (χ1n) is 4.12. The number of rotatable bonds is 2. The fourth-order valence-electron chi connectivity index (χ4n) is 0.666. The lowest BCUT2D eigenvalue weighted by Crippen LogP contribution is -1.84. The van der Waals surface area contributed by atoms with Gasteiger partial charge in [-0.25, -0.2) is 0 Å². The average molecular weight is 156 g/mol. The van der Waals surface area contributed by atoms with Crippen molar-refractivity contribution in [3.63, 3.8) is 0 Å². The summed E-state index contributed by atoms with van der Waals surface area (Å²) in [5, 5.41) is 3.72. The van der Waals surface area contributed by atoms with E-state index < -0.39 is 0 Å². The van der Waals surface area contributed by atoms with Crippen LogP contribution in [0, 0.1) is 6.92 Å². The molecule has 0 atom stereocenters. The molecule has 3 heteroatoms. The second kappa shape index (κ2) is 5.89. The molecule has 0 unspecified atom stereocenters. The predicted octanol–water partition coefficient (Wildman–Crippen LogP) is 2.36. The zero-order chi connectivity index (χ0) is 8.69. The van der Waals surface area contributed by atoms with Crippen LogP contribution in [-0.4, -0.2) is 10.1 Å². The van der Waals surface area contributed by atoms with Gasteiger partial charge in [-0.05, 0) is 6.42 Å². The first-order chi connectivity index (χ1) is 5.33. The van der Waals surface area contributed by atoms with Crippen LogP contribution in [0.1, 0.15) is 38.9 Å². The van der Waals surface area contributed by atoms with Crippen LogP contribution in [0.15, 0.2) is 4.52 Å². The molecule has 0 bridgehead atoms. The van der Waals surface area contributed by atoms with Crippen molar-refractivity contribution in [2.24, 2.45) is 0 Å². The van der Waals surface area contributed by atoms with Crippen molar-refractivity contribution in [2.75, 3.05) is 0 Å². The Bertz CT molecular complexity index is 184. The van der Waals surface area contributed by atoms with Crippen molar-refractivity contribution >= 4 is 0 Å². The highest BCUT2D eigenvalue weighted by atomic mass is 16.5. The number of aryl methyl sites for hydroxylation is 2. The topological polar surface area (TPSA) is 38.9 Å². The summed E-state index contributed by atoms with van der Waals surface area (Å²) in [6.45, 7) is 7.89. The zero-order valence-electron chi connectivity index (χ0n) is 7.72. The van der Waals surface area contributed by atoms with Gasteiger partial charge in [0, 0.05) is 13.3 Å². The Kier molecular flexibility index (Phi) is 5.43. The molecule has 0 aliphatic carbocycles. The summed E-state index contributed by atoms with van der Waals surface area (Å²) in [6.07, 6.45) is 1.98. The quantitative estimate of drug-likeness (QED) is 0.659. The van der Waals surface area contributed by atoms with E-state index >= 15 is 0 Å². The molecule has 0 radical (unpaired) electrons. The van der Waals surface area contributed by atoms with Crippen molar-refractivity contribution in [1.29, 1.82) is 0 Å². The fraction of sp³-hybridized carbons (Fsp3) is 0.750. The van der Waals surface area contributed by atoms with Gasteiger partial charge in [-0.3, -0.25) is 0 Å². The van der Waals surface area contributed by atoms with Crippen LogP contribution in [0.3, 0.4) is 0 Å². The maximum atomic E-state index is 4.76. The normalized spacial score (nSPS) is 8.73. The molecule has 11 heavy (non-hydrogen) atoms. The van der Waals surface area contributed by atoms with Crippen LogP contribution in [0.2, 0.25) is 0 Å². The molecule has 0 fully saturated rings. The third-order valence-electron chi connectivity index (χ3n) is 1.04. The minimum atomic E-state index is 0.651. The molecule has 0 amide bonds. The smallest absolute Gasteiger partial charge is 0.223 e. The molecule has 3 nitrogen and oxygen atoms in total. The molecule has 1 rings (SSSR count). The molecule has 1 heterocycles. The summed E-state index contributed by atoms with van der Waals surface area (Å²) >= 11 is 0. The molecule has 0 aliphatic rings. The molecule has 0 spiro atoms. The summed E-state index contributed by atoms with van der Waals surface area (Å²) in [5.74, 6) is 1.47. The number of nitrogens with zero attached hydrogens (tertiary/aromatic N) is 2. The second-order valence-corrected chi connectivity index (χ2v) is 1.98. The van der Waals surface area contributed by atoms with E-state index in [4.69, 9.17) is 4.52 Å². The Balaban J connectivity index is 0.000000461. The second-order valence-electron chi connectivity index (χ2n) is 1.98. The lowest BCUT2D eigenvalue weighted by molar-refractivity contribution is 0.387. The van der Waals surface area contributed by atoms with Gasteiger partial charge >= 0.3 is 0 Å². The van der Waals surface area contributed by atoms with Crippen LogP contribution in [0.5, 0.6) is 0 Å². The maximum Gasteiger partial charge on any atom is 0.223 e. The number of hydrogen-bond donors (Lipinski definition) is 0. The van der Waals surface area contributed by atoms with E-state index in [0.717, 1.165) is 18.7 Å². The predicted molar refractivity (Wildman–Crippen MR) is 44.4 cm³/mol. The summed E-state index contributed by atoms with van der Waals surface area (Å²) in [6, 6.07) is 0. The van der Waals surface area contributed by atoms with E-state index in [9.17, 15) is 0 Å². The molecule has 0 aliphatic heterocycles. The van der Waals surface area contributed by atoms with E-state index in [2.05, 4.69) is 17.1 Å². The summed E-state index contributed by atoms with van der Waals surface area (Å²) < 4.78 is 4.76. The Morgan fingerprint density at radius 2 is 2.00 bits per heavy atom. The lowest BCUT2D eigenvalue weighted by atomic mass is 10.3. The minimum absolute atomic E-state index is 0.651. The van der Waals surface area contributed by atoms with E-state index in [1.165, 1.54) is 0 Å². The van der Waals surface area contributed by atoms with Gasteiger partial charge in [0.05, 0.1) is 0 Å². The van der Waals surface area contributed by atoms with Crippen molar-refractivity contribution in [1.82, 2.24) is 10.1 Å². The first-order valence-corrected chi connectivity index (χ1v) is 4.12. The van der Waals surface area contributed by atoms with Crippen LogP contribution >= 0.6 is 0 Å².